The molecule has 0 aliphatic carbocycles. The van der Waals surface area contributed by atoms with E-state index in [0.29, 0.717) is 6.61 Å². The van der Waals surface area contributed by atoms with Crippen LogP contribution in [0, 0.1) is 5.92 Å². The second-order valence-corrected chi connectivity index (χ2v) is 3.47. The summed E-state index contributed by atoms with van der Waals surface area (Å²) >= 11 is 3.85. The van der Waals surface area contributed by atoms with Gasteiger partial charge in [0.2, 0.25) is 0 Å². The normalized spacial score (nSPS) is 28.5. The standard InChI is InChI=1S/C9H16O3S/c1-2-8-5-7(3-4-11-8)9(10)12-6-13/h7-8,13H,2-6H2,1H3. The molecule has 1 rings (SSSR count). The molecule has 2 unspecified atom stereocenters. The van der Waals surface area contributed by atoms with E-state index in [2.05, 4.69) is 19.6 Å². The lowest BCUT2D eigenvalue weighted by Crippen LogP contribution is -2.30. The summed E-state index contributed by atoms with van der Waals surface area (Å²) in [5.74, 6) is 0.0649. The van der Waals surface area contributed by atoms with Gasteiger partial charge in [0.05, 0.1) is 12.0 Å². The molecule has 1 aliphatic rings. The van der Waals surface area contributed by atoms with Crippen LogP contribution >= 0.6 is 12.6 Å². The van der Waals surface area contributed by atoms with Crippen molar-refractivity contribution in [2.75, 3.05) is 12.5 Å². The summed E-state index contributed by atoms with van der Waals surface area (Å²) in [6.45, 7) is 2.74. The number of esters is 1. The van der Waals surface area contributed by atoms with Crippen LogP contribution in [0.3, 0.4) is 0 Å². The molecule has 0 spiro atoms. The number of rotatable bonds is 3. The predicted molar refractivity (Wildman–Crippen MR) is 52.7 cm³/mol. The molecule has 0 bridgehead atoms. The predicted octanol–water partition coefficient (Wildman–Crippen LogP) is 1.62. The lowest BCUT2D eigenvalue weighted by atomic mass is 9.95. The zero-order valence-corrected chi connectivity index (χ0v) is 8.76. The van der Waals surface area contributed by atoms with E-state index in [4.69, 9.17) is 9.47 Å². The van der Waals surface area contributed by atoms with E-state index in [1.54, 1.807) is 0 Å². The topological polar surface area (TPSA) is 35.5 Å². The summed E-state index contributed by atoms with van der Waals surface area (Å²) in [6, 6.07) is 0. The van der Waals surface area contributed by atoms with Gasteiger partial charge in [-0.05, 0) is 19.3 Å². The van der Waals surface area contributed by atoms with Gasteiger partial charge in [-0.25, -0.2) is 0 Å². The van der Waals surface area contributed by atoms with Gasteiger partial charge in [-0.3, -0.25) is 4.79 Å². The summed E-state index contributed by atoms with van der Waals surface area (Å²) in [5.41, 5.74) is 0. The Balaban J connectivity index is 2.37. The SMILES string of the molecule is CCC1CC(C(=O)OCS)CCO1. The Hall–Kier alpha value is -0.220. The largest absolute Gasteiger partial charge is 0.455 e. The zero-order chi connectivity index (χ0) is 9.68. The van der Waals surface area contributed by atoms with Gasteiger partial charge in [-0.15, -0.1) is 12.6 Å². The summed E-state index contributed by atoms with van der Waals surface area (Å²) in [6.07, 6.45) is 2.77. The highest BCUT2D eigenvalue weighted by Crippen LogP contribution is 2.23. The maximum atomic E-state index is 11.3. The van der Waals surface area contributed by atoms with Crippen LogP contribution in [-0.4, -0.2) is 24.6 Å². The quantitative estimate of drug-likeness (QED) is 0.431. The molecule has 3 nitrogen and oxygen atoms in total. The first-order valence-electron chi connectivity index (χ1n) is 4.67. The maximum absolute atomic E-state index is 11.3. The van der Waals surface area contributed by atoms with Crippen LogP contribution in [0.25, 0.3) is 0 Å². The van der Waals surface area contributed by atoms with E-state index < -0.39 is 0 Å². The fourth-order valence-electron chi connectivity index (χ4n) is 1.56. The highest BCUT2D eigenvalue weighted by molar-refractivity contribution is 7.80. The maximum Gasteiger partial charge on any atom is 0.309 e. The van der Waals surface area contributed by atoms with Gasteiger partial charge in [-0.1, -0.05) is 6.92 Å². The molecule has 0 aromatic heterocycles. The van der Waals surface area contributed by atoms with Crippen LogP contribution in [0.15, 0.2) is 0 Å². The average molecular weight is 204 g/mol. The monoisotopic (exact) mass is 204 g/mol. The Bertz CT molecular complexity index is 172. The van der Waals surface area contributed by atoms with Crippen molar-refractivity contribution in [1.82, 2.24) is 0 Å². The molecule has 4 heteroatoms. The number of carbonyl (C=O) groups is 1. The number of hydrogen-bond acceptors (Lipinski definition) is 4. The van der Waals surface area contributed by atoms with Crippen molar-refractivity contribution >= 4 is 18.6 Å². The van der Waals surface area contributed by atoms with Gasteiger partial charge in [-0.2, -0.15) is 0 Å². The van der Waals surface area contributed by atoms with E-state index in [0.717, 1.165) is 19.3 Å². The molecular weight excluding hydrogens is 188 g/mol. The molecule has 0 amide bonds. The fourth-order valence-corrected chi connectivity index (χ4v) is 1.69. The first kappa shape index (κ1) is 10.9. The van der Waals surface area contributed by atoms with E-state index >= 15 is 0 Å². The second-order valence-electron chi connectivity index (χ2n) is 3.21. The van der Waals surface area contributed by atoms with E-state index in [9.17, 15) is 4.79 Å². The Labute approximate surface area is 84.2 Å². The first-order valence-corrected chi connectivity index (χ1v) is 5.30. The van der Waals surface area contributed by atoms with Crippen LogP contribution in [0.4, 0.5) is 0 Å². The number of thiol groups is 1. The number of ether oxygens (including phenoxy) is 2. The van der Waals surface area contributed by atoms with Crippen LogP contribution < -0.4 is 0 Å². The van der Waals surface area contributed by atoms with Crippen molar-refractivity contribution in [2.45, 2.75) is 32.3 Å². The highest BCUT2D eigenvalue weighted by Gasteiger charge is 2.27. The lowest BCUT2D eigenvalue weighted by Gasteiger charge is -2.27. The third-order valence-corrected chi connectivity index (χ3v) is 2.49. The van der Waals surface area contributed by atoms with Gasteiger partial charge in [0.1, 0.15) is 5.94 Å². The molecule has 0 saturated carbocycles. The molecule has 0 N–H and O–H groups in total. The molecule has 1 saturated heterocycles. The van der Waals surface area contributed by atoms with Gasteiger partial charge in [0.25, 0.3) is 0 Å². The Kier molecular flexibility index (Phi) is 4.59. The zero-order valence-electron chi connectivity index (χ0n) is 7.86. The van der Waals surface area contributed by atoms with Crippen molar-refractivity contribution in [2.24, 2.45) is 5.92 Å². The second kappa shape index (κ2) is 5.50. The van der Waals surface area contributed by atoms with Crippen molar-refractivity contribution in [3.63, 3.8) is 0 Å². The smallest absolute Gasteiger partial charge is 0.309 e. The molecule has 1 aliphatic heterocycles. The molecule has 1 heterocycles. The summed E-state index contributed by atoms with van der Waals surface area (Å²) in [5, 5.41) is 0. The van der Waals surface area contributed by atoms with Crippen LogP contribution in [-0.2, 0) is 14.3 Å². The summed E-state index contributed by atoms with van der Waals surface area (Å²) in [7, 11) is 0. The summed E-state index contributed by atoms with van der Waals surface area (Å²) in [4.78, 5) is 11.3. The average Bonchev–Trinajstić information content (AvgIpc) is 2.18. The Morgan fingerprint density at radius 1 is 1.69 bits per heavy atom. The minimum absolute atomic E-state index is 0.0193. The van der Waals surface area contributed by atoms with Gasteiger partial charge >= 0.3 is 5.97 Å². The number of hydrogen-bond donors (Lipinski definition) is 1. The summed E-state index contributed by atoms with van der Waals surface area (Å²) < 4.78 is 10.3. The van der Waals surface area contributed by atoms with Gasteiger partial charge < -0.3 is 9.47 Å². The Morgan fingerprint density at radius 3 is 3.08 bits per heavy atom. The van der Waals surface area contributed by atoms with E-state index in [1.807, 2.05) is 0 Å². The highest BCUT2D eigenvalue weighted by atomic mass is 32.1. The minimum Gasteiger partial charge on any atom is -0.455 e. The van der Waals surface area contributed by atoms with Crippen LogP contribution in [0.5, 0.6) is 0 Å². The first-order chi connectivity index (χ1) is 6.27. The molecule has 1 fully saturated rings. The third-order valence-electron chi connectivity index (χ3n) is 2.36. The molecule has 0 radical (unpaired) electrons. The van der Waals surface area contributed by atoms with E-state index in [1.165, 1.54) is 0 Å². The Morgan fingerprint density at radius 2 is 2.46 bits per heavy atom. The molecular formula is C9H16O3S. The molecule has 2 atom stereocenters. The van der Waals surface area contributed by atoms with Gasteiger partial charge in [0.15, 0.2) is 0 Å². The molecule has 76 valence electrons. The minimum atomic E-state index is -0.128. The van der Waals surface area contributed by atoms with Crippen LogP contribution in [0.1, 0.15) is 26.2 Å². The van der Waals surface area contributed by atoms with E-state index in [-0.39, 0.29) is 23.9 Å². The van der Waals surface area contributed by atoms with Crippen LogP contribution in [0.2, 0.25) is 0 Å². The van der Waals surface area contributed by atoms with Crippen molar-refractivity contribution in [3.05, 3.63) is 0 Å². The fraction of sp³-hybridized carbons (Fsp3) is 0.889. The molecule has 13 heavy (non-hydrogen) atoms. The lowest BCUT2D eigenvalue weighted by molar-refractivity contribution is -0.151. The third kappa shape index (κ3) is 3.19. The van der Waals surface area contributed by atoms with Crippen molar-refractivity contribution < 1.29 is 14.3 Å². The molecule has 0 aromatic carbocycles. The van der Waals surface area contributed by atoms with Crippen molar-refractivity contribution in [1.29, 1.82) is 0 Å². The number of carbonyl (C=O) groups excluding carboxylic acids is 1. The molecule has 0 aromatic rings. The van der Waals surface area contributed by atoms with Gasteiger partial charge in [0, 0.05) is 6.61 Å². The van der Waals surface area contributed by atoms with Crippen molar-refractivity contribution in [3.8, 4) is 0 Å².